The lowest BCUT2D eigenvalue weighted by atomic mass is 10.1. The van der Waals surface area contributed by atoms with E-state index in [9.17, 15) is 0 Å². The molecular weight excluding hydrogens is 308 g/mol. The molecule has 0 aliphatic heterocycles. The minimum Gasteiger partial charge on any atom is -0.489 e. The number of rotatable bonds is 5. The molecule has 19 heavy (non-hydrogen) atoms. The van der Waals surface area contributed by atoms with Gasteiger partial charge in [-0.25, -0.2) is 0 Å². The monoisotopic (exact) mass is 324 g/mol. The fourth-order valence-corrected chi connectivity index (χ4v) is 2.21. The Balaban J connectivity index is 2.28. The van der Waals surface area contributed by atoms with Crippen LogP contribution in [0.1, 0.15) is 31.2 Å². The molecule has 2 rings (SSSR count). The molecule has 0 radical (unpaired) electrons. The fraction of sp³-hybridized carbons (Fsp3) is 0.357. The van der Waals surface area contributed by atoms with E-state index in [2.05, 4.69) is 26.2 Å². The van der Waals surface area contributed by atoms with Crippen LogP contribution in [0.2, 0.25) is 0 Å². The third-order valence-electron chi connectivity index (χ3n) is 2.61. The minimum atomic E-state index is -0.0467. The first-order valence-electron chi connectivity index (χ1n) is 6.14. The van der Waals surface area contributed by atoms with Gasteiger partial charge < -0.3 is 14.5 Å². The van der Waals surface area contributed by atoms with Crippen molar-refractivity contribution in [2.75, 3.05) is 7.05 Å². The lowest BCUT2D eigenvalue weighted by Gasteiger charge is -2.16. The van der Waals surface area contributed by atoms with E-state index in [0.717, 1.165) is 17.1 Å². The van der Waals surface area contributed by atoms with Crippen molar-refractivity contribution in [3.05, 3.63) is 46.6 Å². The summed E-state index contributed by atoms with van der Waals surface area (Å²) >= 11 is 3.31. The van der Waals surface area contributed by atoms with Gasteiger partial charge in [0.25, 0.3) is 0 Å². The Labute approximate surface area is 121 Å². The Bertz CT molecular complexity index is 540. The van der Waals surface area contributed by atoms with Gasteiger partial charge >= 0.3 is 0 Å². The number of halogens is 1. The van der Waals surface area contributed by atoms with Crippen LogP contribution < -0.4 is 10.1 Å². The van der Waals surface area contributed by atoms with Gasteiger partial charge in [-0.15, -0.1) is 0 Å². The highest BCUT2D eigenvalue weighted by Crippen LogP contribution is 2.27. The molecule has 0 aromatic carbocycles. The maximum absolute atomic E-state index is 5.66. The highest BCUT2D eigenvalue weighted by Gasteiger charge is 2.17. The summed E-state index contributed by atoms with van der Waals surface area (Å²) in [4.78, 5) is 4.22. The molecule has 0 saturated carbocycles. The zero-order chi connectivity index (χ0) is 13.8. The molecule has 0 bridgehead atoms. The third kappa shape index (κ3) is 3.58. The molecule has 1 N–H and O–H groups in total. The van der Waals surface area contributed by atoms with Gasteiger partial charge in [0.05, 0.1) is 18.3 Å². The zero-order valence-electron chi connectivity index (χ0n) is 11.2. The van der Waals surface area contributed by atoms with Crippen LogP contribution in [-0.2, 0) is 0 Å². The second kappa shape index (κ2) is 6.21. The molecular formula is C14H17BrN2O2. The Hall–Kier alpha value is -1.33. The average Bonchev–Trinajstić information content (AvgIpc) is 2.76. The fourth-order valence-electron chi connectivity index (χ4n) is 1.89. The molecule has 0 aliphatic rings. The van der Waals surface area contributed by atoms with Crippen molar-refractivity contribution in [2.24, 2.45) is 0 Å². The van der Waals surface area contributed by atoms with Crippen molar-refractivity contribution in [1.29, 1.82) is 0 Å². The number of aromatic nitrogens is 1. The number of furan rings is 1. The van der Waals surface area contributed by atoms with Crippen LogP contribution in [0.3, 0.4) is 0 Å². The maximum atomic E-state index is 5.66. The molecule has 5 heteroatoms. The first kappa shape index (κ1) is 14.1. The van der Waals surface area contributed by atoms with Crippen molar-refractivity contribution in [1.82, 2.24) is 10.3 Å². The SMILES string of the molecule is CNC(c1cncc(OC(C)C)c1)c1ccc(Br)o1. The van der Waals surface area contributed by atoms with Crippen molar-refractivity contribution in [3.8, 4) is 5.75 Å². The Morgan fingerprint density at radius 2 is 2.11 bits per heavy atom. The number of hydrogen-bond donors (Lipinski definition) is 1. The van der Waals surface area contributed by atoms with Crippen molar-refractivity contribution < 1.29 is 9.15 Å². The third-order valence-corrected chi connectivity index (χ3v) is 3.03. The topological polar surface area (TPSA) is 47.3 Å². The van der Waals surface area contributed by atoms with Gasteiger partial charge in [0.2, 0.25) is 0 Å². The summed E-state index contributed by atoms with van der Waals surface area (Å²) in [6.45, 7) is 3.98. The Morgan fingerprint density at radius 1 is 1.32 bits per heavy atom. The van der Waals surface area contributed by atoms with Gasteiger partial charge in [-0.1, -0.05) is 0 Å². The summed E-state index contributed by atoms with van der Waals surface area (Å²) in [5.41, 5.74) is 1.00. The van der Waals surface area contributed by atoms with Gasteiger partial charge in [0.1, 0.15) is 11.5 Å². The normalized spacial score (nSPS) is 12.7. The van der Waals surface area contributed by atoms with Crippen LogP contribution in [0.5, 0.6) is 5.75 Å². The summed E-state index contributed by atoms with van der Waals surface area (Å²) in [6, 6.07) is 5.74. The smallest absolute Gasteiger partial charge is 0.169 e. The largest absolute Gasteiger partial charge is 0.489 e. The van der Waals surface area contributed by atoms with Crippen LogP contribution >= 0.6 is 15.9 Å². The van der Waals surface area contributed by atoms with Crippen LogP contribution in [-0.4, -0.2) is 18.1 Å². The highest BCUT2D eigenvalue weighted by atomic mass is 79.9. The predicted molar refractivity (Wildman–Crippen MR) is 77.3 cm³/mol. The second-order valence-corrected chi connectivity index (χ2v) is 5.27. The van der Waals surface area contributed by atoms with E-state index in [-0.39, 0.29) is 12.1 Å². The number of nitrogens with one attached hydrogen (secondary N) is 1. The Morgan fingerprint density at radius 3 is 2.68 bits per heavy atom. The van der Waals surface area contributed by atoms with Crippen molar-refractivity contribution in [3.63, 3.8) is 0 Å². The van der Waals surface area contributed by atoms with Crippen LogP contribution in [0, 0.1) is 0 Å². The molecule has 0 spiro atoms. The lowest BCUT2D eigenvalue weighted by molar-refractivity contribution is 0.241. The molecule has 2 aromatic rings. The van der Waals surface area contributed by atoms with Gasteiger partial charge in [-0.3, -0.25) is 4.98 Å². The molecule has 0 amide bonds. The van der Waals surface area contributed by atoms with Gasteiger partial charge in [-0.05, 0) is 60.6 Å². The summed E-state index contributed by atoms with van der Waals surface area (Å²) in [7, 11) is 1.89. The predicted octanol–water partition coefficient (Wildman–Crippen LogP) is 3.53. The van der Waals surface area contributed by atoms with Crippen molar-refractivity contribution in [2.45, 2.75) is 26.0 Å². The van der Waals surface area contributed by atoms with Crippen LogP contribution in [0.4, 0.5) is 0 Å². The molecule has 1 unspecified atom stereocenters. The first-order valence-corrected chi connectivity index (χ1v) is 6.93. The first-order chi connectivity index (χ1) is 9.10. The van der Waals surface area contributed by atoms with E-state index in [1.165, 1.54) is 0 Å². The standard InChI is InChI=1S/C14H17BrN2O2/c1-9(2)18-11-6-10(7-17-8-11)14(16-3)12-4-5-13(15)19-12/h4-9,14,16H,1-3H3. The van der Waals surface area contributed by atoms with E-state index in [0.29, 0.717) is 4.67 Å². The van der Waals surface area contributed by atoms with Gasteiger partial charge in [-0.2, -0.15) is 0 Å². The highest BCUT2D eigenvalue weighted by molar-refractivity contribution is 9.10. The van der Waals surface area contributed by atoms with Gasteiger partial charge in [0.15, 0.2) is 4.67 Å². The quantitative estimate of drug-likeness (QED) is 0.913. The molecule has 0 saturated heterocycles. The van der Waals surface area contributed by atoms with E-state index >= 15 is 0 Å². The summed E-state index contributed by atoms with van der Waals surface area (Å²) < 4.78 is 12.0. The lowest BCUT2D eigenvalue weighted by Crippen LogP contribution is -2.17. The summed E-state index contributed by atoms with van der Waals surface area (Å²) in [6.07, 6.45) is 3.65. The van der Waals surface area contributed by atoms with Crippen molar-refractivity contribution >= 4 is 15.9 Å². The number of nitrogens with zero attached hydrogens (tertiary/aromatic N) is 1. The molecule has 2 aromatic heterocycles. The van der Waals surface area contributed by atoms with Crippen LogP contribution in [0.15, 0.2) is 39.7 Å². The van der Waals surface area contributed by atoms with E-state index in [1.54, 1.807) is 6.20 Å². The minimum absolute atomic E-state index is 0.0467. The summed E-state index contributed by atoms with van der Waals surface area (Å²) in [5, 5.41) is 3.22. The Kier molecular flexibility index (Phi) is 4.61. The average molecular weight is 325 g/mol. The molecule has 0 aliphatic carbocycles. The zero-order valence-corrected chi connectivity index (χ0v) is 12.8. The molecule has 2 heterocycles. The van der Waals surface area contributed by atoms with E-state index in [4.69, 9.17) is 9.15 Å². The molecule has 102 valence electrons. The summed E-state index contributed by atoms with van der Waals surface area (Å²) in [5.74, 6) is 1.59. The van der Waals surface area contributed by atoms with E-state index < -0.39 is 0 Å². The van der Waals surface area contributed by atoms with E-state index in [1.807, 2.05) is 45.3 Å². The number of pyridine rings is 1. The van der Waals surface area contributed by atoms with Crippen LogP contribution in [0.25, 0.3) is 0 Å². The number of ether oxygens (including phenoxy) is 1. The second-order valence-electron chi connectivity index (χ2n) is 4.48. The molecule has 0 fully saturated rings. The maximum Gasteiger partial charge on any atom is 0.169 e. The number of hydrogen-bond acceptors (Lipinski definition) is 4. The molecule has 4 nitrogen and oxygen atoms in total. The molecule has 1 atom stereocenters. The van der Waals surface area contributed by atoms with Gasteiger partial charge in [0, 0.05) is 6.20 Å².